The Kier molecular flexibility index (Phi) is 11.9. The fourth-order valence-corrected chi connectivity index (χ4v) is 1.80. The number of hydrogen-bond acceptors (Lipinski definition) is 5. The molecule has 0 bridgehead atoms. The zero-order chi connectivity index (χ0) is 22.9. The topological polar surface area (TPSA) is 138 Å². The lowest BCUT2D eigenvalue weighted by Crippen LogP contribution is -2.16. The zero-order valence-corrected chi connectivity index (χ0v) is 18.7. The molecule has 8 nitrogen and oxygen atoms in total. The number of nitrogens with zero attached hydrogens (tertiary/aromatic N) is 2. The molecule has 15 heteroatoms. The molecular weight excluding hydrogens is 540 g/mol. The van der Waals surface area contributed by atoms with Crippen LogP contribution in [0.4, 0.5) is 0 Å². The van der Waals surface area contributed by atoms with Gasteiger partial charge in [-0.1, -0.05) is 81.2 Å². The van der Waals surface area contributed by atoms with Gasteiger partial charge in [0.05, 0.1) is 10.0 Å². The molecule has 0 aliphatic rings. The second-order valence-corrected chi connectivity index (χ2v) is 8.21. The first-order chi connectivity index (χ1) is 13.2. The fourth-order valence-electron chi connectivity index (χ4n) is 1.14. The molecule has 2 rings (SSSR count). The molecule has 2 aromatic heterocycles. The first-order valence-electron chi connectivity index (χ1n) is 6.57. The average Bonchev–Trinajstić information content (AvgIpc) is 2.59. The second kappa shape index (κ2) is 12.4. The van der Waals surface area contributed by atoms with Crippen molar-refractivity contribution in [3.05, 3.63) is 56.0 Å². The summed E-state index contributed by atoms with van der Waals surface area (Å²) in [5, 5.41) is 25.2. The molecule has 2 heterocycles. The maximum absolute atomic E-state index is 10.4. The number of carboxylic acid groups (broad SMARTS) is 3. The zero-order valence-electron chi connectivity index (χ0n) is 13.4. The van der Waals surface area contributed by atoms with Gasteiger partial charge in [-0.15, -0.1) is 0 Å². The van der Waals surface area contributed by atoms with Gasteiger partial charge in [-0.2, -0.15) is 0 Å². The van der Waals surface area contributed by atoms with E-state index in [1.165, 1.54) is 24.3 Å². The Hall–Kier alpha value is -1.26. The van der Waals surface area contributed by atoms with E-state index in [-0.39, 0.29) is 31.7 Å². The van der Waals surface area contributed by atoms with E-state index in [1.807, 2.05) is 0 Å². The van der Waals surface area contributed by atoms with Crippen LogP contribution in [0.15, 0.2) is 24.3 Å². The lowest BCUT2D eigenvalue weighted by atomic mass is 10.3. The Balaban J connectivity index is 0.000000419. The lowest BCUT2D eigenvalue weighted by molar-refractivity contribution is -0.135. The first kappa shape index (κ1) is 27.7. The van der Waals surface area contributed by atoms with Crippen LogP contribution in [0.3, 0.4) is 0 Å². The Labute approximate surface area is 197 Å². The molecule has 2 aromatic rings. The van der Waals surface area contributed by atoms with Crippen molar-refractivity contribution in [3.63, 3.8) is 0 Å². The van der Waals surface area contributed by atoms with Gasteiger partial charge in [0, 0.05) is 0 Å². The van der Waals surface area contributed by atoms with Gasteiger partial charge in [-0.05, 0) is 24.3 Å². The van der Waals surface area contributed by atoms with Crippen molar-refractivity contribution in [1.29, 1.82) is 0 Å². The standard InChI is InChI=1S/2C6H3Cl2NO2.C2HCl3O2/c2*7-3-1-2-4(8)9-5(3)6(10)11;3-2(4,5)1(6)7/h2*1-2H,(H,10,11);(H,6,7). The number of aromatic carboxylic acids is 2. The molecule has 0 atom stereocenters. The third-order valence-electron chi connectivity index (χ3n) is 2.27. The highest BCUT2D eigenvalue weighted by atomic mass is 35.6. The maximum Gasteiger partial charge on any atom is 0.356 e. The Bertz CT molecular complexity index is 843. The van der Waals surface area contributed by atoms with Crippen LogP contribution in [-0.2, 0) is 4.79 Å². The van der Waals surface area contributed by atoms with Gasteiger partial charge in [-0.25, -0.2) is 24.4 Å². The van der Waals surface area contributed by atoms with Crippen molar-refractivity contribution in [2.24, 2.45) is 0 Å². The molecule has 0 unspecified atom stereocenters. The molecule has 0 spiro atoms. The van der Waals surface area contributed by atoms with E-state index in [1.54, 1.807) is 0 Å². The Morgan fingerprint density at radius 3 is 1.14 bits per heavy atom. The number of pyridine rings is 2. The van der Waals surface area contributed by atoms with E-state index in [9.17, 15) is 14.4 Å². The highest BCUT2D eigenvalue weighted by molar-refractivity contribution is 6.75. The molecule has 0 amide bonds. The first-order valence-corrected chi connectivity index (χ1v) is 9.22. The molecule has 158 valence electrons. The molecule has 0 saturated heterocycles. The quantitative estimate of drug-likeness (QED) is 0.326. The minimum atomic E-state index is -2.17. The van der Waals surface area contributed by atoms with E-state index in [4.69, 9.17) is 96.5 Å². The van der Waals surface area contributed by atoms with Gasteiger partial charge < -0.3 is 15.3 Å². The molecule has 0 radical (unpaired) electrons. The number of halogens is 7. The fraction of sp³-hybridized carbons (Fsp3) is 0.0714. The number of carboxylic acids is 3. The highest BCUT2D eigenvalue weighted by Gasteiger charge is 2.29. The van der Waals surface area contributed by atoms with Crippen molar-refractivity contribution in [3.8, 4) is 0 Å². The average molecular weight is 547 g/mol. The SMILES string of the molecule is O=C(O)C(Cl)(Cl)Cl.O=C(O)c1nc(Cl)ccc1Cl.O=C(O)c1nc(Cl)ccc1Cl. The molecular formula is C14H7Cl7N2O6. The third kappa shape index (κ3) is 10.9. The Morgan fingerprint density at radius 1 is 0.690 bits per heavy atom. The Morgan fingerprint density at radius 2 is 0.966 bits per heavy atom. The van der Waals surface area contributed by atoms with Gasteiger partial charge >= 0.3 is 17.9 Å². The predicted octanol–water partition coefficient (Wildman–Crippen LogP) is 5.61. The van der Waals surface area contributed by atoms with Crippen LogP contribution in [-0.4, -0.2) is 47.0 Å². The molecule has 0 aromatic carbocycles. The van der Waals surface area contributed by atoms with E-state index >= 15 is 0 Å². The van der Waals surface area contributed by atoms with Gasteiger partial charge in [0.15, 0.2) is 11.4 Å². The summed E-state index contributed by atoms with van der Waals surface area (Å²) in [6.45, 7) is 0. The van der Waals surface area contributed by atoms with E-state index in [0.29, 0.717) is 0 Å². The van der Waals surface area contributed by atoms with E-state index in [2.05, 4.69) is 9.97 Å². The van der Waals surface area contributed by atoms with Gasteiger partial charge in [0.25, 0.3) is 3.79 Å². The summed E-state index contributed by atoms with van der Waals surface area (Å²) in [5.74, 6) is -3.83. The monoisotopic (exact) mass is 544 g/mol. The van der Waals surface area contributed by atoms with Crippen LogP contribution in [0.25, 0.3) is 0 Å². The van der Waals surface area contributed by atoms with Crippen LogP contribution in [0.5, 0.6) is 0 Å². The number of carbonyl (C=O) groups is 3. The summed E-state index contributed by atoms with van der Waals surface area (Å²) in [6, 6.07) is 5.63. The highest BCUT2D eigenvalue weighted by Crippen LogP contribution is 2.25. The minimum absolute atomic E-state index is 0.0851. The van der Waals surface area contributed by atoms with Gasteiger partial charge in [0.1, 0.15) is 10.3 Å². The van der Waals surface area contributed by atoms with Crippen LogP contribution in [0.2, 0.25) is 20.4 Å². The molecule has 0 aliphatic heterocycles. The molecule has 3 N–H and O–H groups in total. The second-order valence-electron chi connectivity index (χ2n) is 4.34. The number of rotatable bonds is 2. The summed E-state index contributed by atoms with van der Waals surface area (Å²) in [5.41, 5.74) is -0.446. The predicted molar refractivity (Wildman–Crippen MR) is 110 cm³/mol. The molecule has 0 aliphatic carbocycles. The third-order valence-corrected chi connectivity index (χ3v) is 3.79. The minimum Gasteiger partial charge on any atom is -0.478 e. The van der Waals surface area contributed by atoms with Gasteiger partial charge in [-0.3, -0.25) is 0 Å². The molecule has 29 heavy (non-hydrogen) atoms. The number of hydrogen-bond donors (Lipinski definition) is 3. The van der Waals surface area contributed by atoms with E-state index < -0.39 is 21.7 Å². The van der Waals surface area contributed by atoms with Crippen LogP contribution >= 0.6 is 81.2 Å². The number of aromatic nitrogens is 2. The summed E-state index contributed by atoms with van der Waals surface area (Å²) < 4.78 is -2.17. The van der Waals surface area contributed by atoms with Crippen molar-refractivity contribution in [2.75, 3.05) is 0 Å². The lowest BCUT2D eigenvalue weighted by Gasteiger charge is -1.99. The van der Waals surface area contributed by atoms with Crippen molar-refractivity contribution >= 4 is 99.1 Å². The smallest absolute Gasteiger partial charge is 0.356 e. The summed E-state index contributed by atoms with van der Waals surface area (Å²) >= 11 is 36.2. The van der Waals surface area contributed by atoms with E-state index in [0.717, 1.165) is 0 Å². The van der Waals surface area contributed by atoms with Crippen molar-refractivity contribution < 1.29 is 29.7 Å². The normalized spacial score (nSPS) is 10.0. The molecule has 0 saturated carbocycles. The van der Waals surface area contributed by atoms with Crippen molar-refractivity contribution in [2.45, 2.75) is 3.79 Å². The van der Waals surface area contributed by atoms with Crippen molar-refractivity contribution in [1.82, 2.24) is 9.97 Å². The summed E-state index contributed by atoms with van der Waals surface area (Å²) in [4.78, 5) is 37.4. The van der Waals surface area contributed by atoms with Crippen LogP contribution in [0.1, 0.15) is 21.0 Å². The summed E-state index contributed by atoms with van der Waals surface area (Å²) in [6.07, 6.45) is 0. The van der Waals surface area contributed by atoms with Gasteiger partial charge in [0.2, 0.25) is 0 Å². The largest absolute Gasteiger partial charge is 0.478 e. The summed E-state index contributed by atoms with van der Waals surface area (Å²) in [7, 11) is 0. The van der Waals surface area contributed by atoms with Crippen LogP contribution in [0, 0.1) is 0 Å². The maximum atomic E-state index is 10.4. The number of aliphatic carboxylic acids is 1. The molecule has 0 fully saturated rings. The van der Waals surface area contributed by atoms with Crippen LogP contribution < -0.4 is 0 Å². The number of alkyl halides is 3.